The second kappa shape index (κ2) is 7.51. The Morgan fingerprint density at radius 1 is 1.23 bits per heavy atom. The number of rotatable bonds is 6. The van der Waals surface area contributed by atoms with Crippen molar-refractivity contribution in [3.05, 3.63) is 77.9 Å². The van der Waals surface area contributed by atoms with E-state index in [-0.39, 0.29) is 23.9 Å². The van der Waals surface area contributed by atoms with E-state index in [2.05, 4.69) is 20.3 Å². The summed E-state index contributed by atoms with van der Waals surface area (Å²) in [6.45, 7) is 0.127. The van der Waals surface area contributed by atoms with Gasteiger partial charge in [-0.3, -0.25) is 5.41 Å². The Morgan fingerprint density at radius 2 is 2.04 bits per heavy atom. The minimum atomic E-state index is -0.987. The lowest BCUT2D eigenvalue weighted by Crippen LogP contribution is -2.15. The number of aromatic nitrogens is 3. The average molecular weight is 357 g/mol. The molecule has 0 atom stereocenters. The Balaban J connectivity index is 1.86. The molecule has 3 aromatic rings. The molecule has 0 unspecified atom stereocenters. The topological polar surface area (TPSA) is 108 Å². The molecule has 9 heteroatoms. The van der Waals surface area contributed by atoms with Gasteiger partial charge in [-0.1, -0.05) is 18.2 Å². The summed E-state index contributed by atoms with van der Waals surface area (Å²) in [6, 6.07) is 6.24. The lowest BCUT2D eigenvalue weighted by atomic mass is 10.2. The van der Waals surface area contributed by atoms with Gasteiger partial charge in [0.2, 0.25) is 5.82 Å². The number of benzene rings is 1. The van der Waals surface area contributed by atoms with E-state index in [1.807, 2.05) is 0 Å². The van der Waals surface area contributed by atoms with Crippen LogP contribution in [0.2, 0.25) is 0 Å². The molecule has 0 aliphatic rings. The number of allylic oxidation sites excluding steroid dienone is 1. The zero-order valence-corrected chi connectivity index (χ0v) is 13.3. The largest absolute Gasteiger partial charge is 0.491 e. The highest BCUT2D eigenvalue weighted by molar-refractivity contribution is 6.07. The van der Waals surface area contributed by atoms with Crippen LogP contribution in [0.4, 0.5) is 8.78 Å². The quantitative estimate of drug-likeness (QED) is 0.586. The molecule has 0 saturated carbocycles. The Kier molecular flexibility index (Phi) is 4.97. The fourth-order valence-electron chi connectivity index (χ4n) is 2.09. The van der Waals surface area contributed by atoms with E-state index in [9.17, 15) is 13.9 Å². The van der Waals surface area contributed by atoms with E-state index in [0.717, 1.165) is 6.20 Å². The van der Waals surface area contributed by atoms with Gasteiger partial charge in [-0.2, -0.15) is 9.37 Å². The lowest BCUT2D eigenvalue weighted by molar-refractivity contribution is 0.407. The third-order valence-electron chi connectivity index (χ3n) is 3.38. The molecule has 132 valence electrons. The van der Waals surface area contributed by atoms with Gasteiger partial charge in [-0.05, 0) is 12.1 Å². The first-order chi connectivity index (χ1) is 12.5. The third kappa shape index (κ3) is 3.89. The second-order valence-electron chi connectivity index (χ2n) is 5.15. The normalized spacial score (nSPS) is 11.4. The summed E-state index contributed by atoms with van der Waals surface area (Å²) in [6.07, 6.45) is 4.70. The molecule has 0 fully saturated rings. The van der Waals surface area contributed by atoms with Crippen LogP contribution in [0.15, 0.2) is 53.5 Å². The van der Waals surface area contributed by atoms with Gasteiger partial charge in [-0.25, -0.2) is 14.4 Å². The van der Waals surface area contributed by atoms with Crippen LogP contribution >= 0.6 is 0 Å². The van der Waals surface area contributed by atoms with E-state index >= 15 is 0 Å². The van der Waals surface area contributed by atoms with Gasteiger partial charge in [0, 0.05) is 12.1 Å². The molecule has 2 heterocycles. The maximum Gasteiger partial charge on any atom is 0.251 e. The minimum absolute atomic E-state index is 0.127. The SMILES string of the molecule is N=C(/C=C(\NCc1ccccc1F)c1cnco1)c1ncc(F)c(O)n1. The Labute approximate surface area is 146 Å². The summed E-state index contributed by atoms with van der Waals surface area (Å²) in [4.78, 5) is 11.0. The minimum Gasteiger partial charge on any atom is -0.491 e. The molecule has 0 amide bonds. The molecule has 3 rings (SSSR count). The second-order valence-corrected chi connectivity index (χ2v) is 5.15. The molecule has 7 nitrogen and oxygen atoms in total. The average Bonchev–Trinajstić information content (AvgIpc) is 3.16. The van der Waals surface area contributed by atoms with Gasteiger partial charge in [0.15, 0.2) is 18.0 Å². The third-order valence-corrected chi connectivity index (χ3v) is 3.38. The predicted molar refractivity (Wildman–Crippen MR) is 88.2 cm³/mol. The van der Waals surface area contributed by atoms with Gasteiger partial charge in [0.1, 0.15) is 11.5 Å². The van der Waals surface area contributed by atoms with Crippen molar-refractivity contribution in [3.8, 4) is 5.88 Å². The van der Waals surface area contributed by atoms with Crippen molar-refractivity contribution in [2.24, 2.45) is 0 Å². The van der Waals surface area contributed by atoms with Crippen molar-refractivity contribution in [2.45, 2.75) is 6.54 Å². The number of aromatic hydroxyl groups is 1. The summed E-state index contributed by atoms with van der Waals surface area (Å²) in [7, 11) is 0. The Bertz CT molecular complexity index is 958. The van der Waals surface area contributed by atoms with Crippen LogP contribution in [-0.4, -0.2) is 25.8 Å². The fourth-order valence-corrected chi connectivity index (χ4v) is 2.09. The Hall–Kier alpha value is -3.62. The smallest absolute Gasteiger partial charge is 0.251 e. The van der Waals surface area contributed by atoms with Crippen LogP contribution in [0.25, 0.3) is 5.70 Å². The molecular formula is C17H13F2N5O2. The van der Waals surface area contributed by atoms with Crippen LogP contribution in [0.5, 0.6) is 5.88 Å². The van der Waals surface area contributed by atoms with Crippen molar-refractivity contribution in [1.29, 1.82) is 5.41 Å². The number of hydrogen-bond acceptors (Lipinski definition) is 7. The van der Waals surface area contributed by atoms with Crippen LogP contribution in [0.3, 0.4) is 0 Å². The summed E-state index contributed by atoms with van der Waals surface area (Å²) in [5.41, 5.74) is 0.524. The fraction of sp³-hybridized carbons (Fsp3) is 0.0588. The zero-order valence-electron chi connectivity index (χ0n) is 13.3. The highest BCUT2D eigenvalue weighted by Crippen LogP contribution is 2.15. The monoisotopic (exact) mass is 357 g/mol. The summed E-state index contributed by atoms with van der Waals surface area (Å²) < 4.78 is 32.0. The van der Waals surface area contributed by atoms with Crippen LogP contribution < -0.4 is 5.32 Å². The highest BCUT2D eigenvalue weighted by Gasteiger charge is 2.12. The van der Waals surface area contributed by atoms with Crippen molar-refractivity contribution in [2.75, 3.05) is 0 Å². The molecule has 2 aromatic heterocycles. The first kappa shape index (κ1) is 17.2. The molecule has 0 radical (unpaired) electrons. The molecule has 1 aromatic carbocycles. The van der Waals surface area contributed by atoms with Gasteiger partial charge in [0.25, 0.3) is 5.88 Å². The van der Waals surface area contributed by atoms with Gasteiger partial charge < -0.3 is 14.8 Å². The number of halogens is 2. The first-order valence-electron chi connectivity index (χ1n) is 7.43. The molecular weight excluding hydrogens is 344 g/mol. The Morgan fingerprint density at radius 3 is 2.73 bits per heavy atom. The van der Waals surface area contributed by atoms with Crippen molar-refractivity contribution < 1.29 is 18.3 Å². The molecule has 0 saturated heterocycles. The van der Waals surface area contributed by atoms with Gasteiger partial charge >= 0.3 is 0 Å². The number of oxazole rings is 1. The van der Waals surface area contributed by atoms with Crippen molar-refractivity contribution in [3.63, 3.8) is 0 Å². The first-order valence-corrected chi connectivity index (χ1v) is 7.43. The van der Waals surface area contributed by atoms with E-state index < -0.39 is 11.7 Å². The molecule has 26 heavy (non-hydrogen) atoms. The maximum absolute atomic E-state index is 13.8. The van der Waals surface area contributed by atoms with Gasteiger partial charge in [-0.15, -0.1) is 0 Å². The van der Waals surface area contributed by atoms with Crippen molar-refractivity contribution >= 4 is 11.4 Å². The van der Waals surface area contributed by atoms with Crippen LogP contribution in [0, 0.1) is 17.0 Å². The van der Waals surface area contributed by atoms with Gasteiger partial charge in [0.05, 0.1) is 18.1 Å². The number of nitrogens with one attached hydrogen (secondary N) is 2. The van der Waals surface area contributed by atoms with Crippen LogP contribution in [0.1, 0.15) is 17.1 Å². The standard InChI is InChI=1S/C17H13F2N5O2/c18-11-4-2-1-3-10(11)6-22-14(15-8-21-9-26-15)5-13(20)16-23-7-12(19)17(25)24-16/h1-5,7-9,20,22H,6H2,(H,23,24,25)/b14-5-,20-13?. The van der Waals surface area contributed by atoms with E-state index in [4.69, 9.17) is 9.83 Å². The van der Waals surface area contributed by atoms with Crippen molar-refractivity contribution in [1.82, 2.24) is 20.3 Å². The maximum atomic E-state index is 13.8. The lowest BCUT2D eigenvalue weighted by Gasteiger charge is -2.10. The molecule has 0 bridgehead atoms. The molecule has 0 spiro atoms. The van der Waals surface area contributed by atoms with Crippen LogP contribution in [-0.2, 0) is 6.54 Å². The molecule has 3 N–H and O–H groups in total. The summed E-state index contributed by atoms with van der Waals surface area (Å²) >= 11 is 0. The highest BCUT2D eigenvalue weighted by atomic mass is 19.1. The zero-order chi connectivity index (χ0) is 18.5. The number of nitrogens with zero attached hydrogens (tertiary/aromatic N) is 3. The van der Waals surface area contributed by atoms with E-state index in [1.165, 1.54) is 24.7 Å². The predicted octanol–water partition coefficient (Wildman–Crippen LogP) is 2.65. The number of hydrogen-bond donors (Lipinski definition) is 3. The summed E-state index contributed by atoms with van der Waals surface area (Å²) in [5.74, 6) is -2.10. The van der Waals surface area contributed by atoms with E-state index in [1.54, 1.807) is 18.2 Å². The summed E-state index contributed by atoms with van der Waals surface area (Å²) in [5, 5.41) is 20.3. The molecule has 0 aliphatic carbocycles. The van der Waals surface area contributed by atoms with E-state index in [0.29, 0.717) is 17.0 Å². The molecule has 0 aliphatic heterocycles.